The standard InChI is InChI=1S/C19H25N3O3/c1-6-16(15-10-8-7-9-11-15)19(24)25-14(4)18(23)20-17-12(2)21-22(5)13(17)3/h7-11,14,16H,6H2,1-5H3,(H,20,23)/t14-,16-/m0/s1. The lowest BCUT2D eigenvalue weighted by Crippen LogP contribution is -2.32. The Kier molecular flexibility index (Phi) is 5.96. The maximum Gasteiger partial charge on any atom is 0.314 e. The molecule has 0 saturated carbocycles. The van der Waals surface area contributed by atoms with Crippen molar-refractivity contribution in [2.45, 2.75) is 46.1 Å². The molecule has 1 N–H and O–H groups in total. The van der Waals surface area contributed by atoms with E-state index in [1.165, 1.54) is 0 Å². The van der Waals surface area contributed by atoms with E-state index in [0.717, 1.165) is 17.0 Å². The Morgan fingerprint density at radius 2 is 1.88 bits per heavy atom. The third-order valence-electron chi connectivity index (χ3n) is 4.31. The molecule has 0 unspecified atom stereocenters. The second-order valence-corrected chi connectivity index (χ2v) is 6.11. The highest BCUT2D eigenvalue weighted by atomic mass is 16.5. The minimum atomic E-state index is -0.885. The van der Waals surface area contributed by atoms with Gasteiger partial charge in [-0.3, -0.25) is 14.3 Å². The second kappa shape index (κ2) is 7.96. The van der Waals surface area contributed by atoms with Crippen LogP contribution in [-0.4, -0.2) is 27.8 Å². The fourth-order valence-electron chi connectivity index (χ4n) is 2.71. The summed E-state index contributed by atoms with van der Waals surface area (Å²) in [5, 5.41) is 7.06. The van der Waals surface area contributed by atoms with Crippen molar-refractivity contribution in [1.29, 1.82) is 0 Å². The van der Waals surface area contributed by atoms with Crippen molar-refractivity contribution in [1.82, 2.24) is 9.78 Å². The smallest absolute Gasteiger partial charge is 0.314 e. The van der Waals surface area contributed by atoms with Crippen LogP contribution < -0.4 is 5.32 Å². The number of ether oxygens (including phenoxy) is 1. The number of carbonyl (C=O) groups excluding carboxylic acids is 2. The SMILES string of the molecule is CC[C@H](C(=O)O[C@@H](C)C(=O)Nc1c(C)nn(C)c1C)c1ccccc1. The fourth-order valence-corrected chi connectivity index (χ4v) is 2.71. The van der Waals surface area contributed by atoms with E-state index in [4.69, 9.17) is 4.74 Å². The topological polar surface area (TPSA) is 73.2 Å². The van der Waals surface area contributed by atoms with E-state index in [2.05, 4.69) is 10.4 Å². The van der Waals surface area contributed by atoms with Gasteiger partial charge in [0.25, 0.3) is 5.91 Å². The third-order valence-corrected chi connectivity index (χ3v) is 4.31. The van der Waals surface area contributed by atoms with Crippen molar-refractivity contribution in [3.63, 3.8) is 0 Å². The van der Waals surface area contributed by atoms with Gasteiger partial charge in [0.05, 0.1) is 23.0 Å². The van der Waals surface area contributed by atoms with E-state index in [-0.39, 0.29) is 11.8 Å². The molecule has 25 heavy (non-hydrogen) atoms. The van der Waals surface area contributed by atoms with Crippen LogP contribution in [0.5, 0.6) is 0 Å². The van der Waals surface area contributed by atoms with Gasteiger partial charge in [-0.25, -0.2) is 0 Å². The summed E-state index contributed by atoms with van der Waals surface area (Å²) in [5.74, 6) is -1.13. The minimum Gasteiger partial charge on any atom is -0.452 e. The first kappa shape index (κ1) is 18.7. The van der Waals surface area contributed by atoms with Crippen LogP contribution in [0.1, 0.15) is 43.1 Å². The number of esters is 1. The fraction of sp³-hybridized carbons (Fsp3) is 0.421. The first-order valence-electron chi connectivity index (χ1n) is 8.41. The molecule has 1 amide bonds. The number of aromatic nitrogens is 2. The van der Waals surface area contributed by atoms with Gasteiger partial charge in [0.15, 0.2) is 6.10 Å². The van der Waals surface area contributed by atoms with Crippen molar-refractivity contribution in [3.05, 3.63) is 47.3 Å². The van der Waals surface area contributed by atoms with Crippen LogP contribution in [0.3, 0.4) is 0 Å². The number of aryl methyl sites for hydroxylation is 2. The Balaban J connectivity index is 2.03. The highest BCUT2D eigenvalue weighted by molar-refractivity contribution is 5.96. The van der Waals surface area contributed by atoms with E-state index in [0.29, 0.717) is 12.1 Å². The Labute approximate surface area is 148 Å². The molecule has 6 nitrogen and oxygen atoms in total. The molecule has 2 atom stereocenters. The zero-order valence-electron chi connectivity index (χ0n) is 15.4. The molecule has 0 saturated heterocycles. The largest absolute Gasteiger partial charge is 0.452 e. The summed E-state index contributed by atoms with van der Waals surface area (Å²) >= 11 is 0. The van der Waals surface area contributed by atoms with Gasteiger partial charge in [-0.1, -0.05) is 37.3 Å². The van der Waals surface area contributed by atoms with E-state index in [1.54, 1.807) is 11.6 Å². The quantitative estimate of drug-likeness (QED) is 0.818. The number of carbonyl (C=O) groups is 2. The van der Waals surface area contributed by atoms with Crippen LogP contribution in [0.15, 0.2) is 30.3 Å². The Morgan fingerprint density at radius 1 is 1.24 bits per heavy atom. The molecule has 1 heterocycles. The van der Waals surface area contributed by atoms with E-state index in [1.807, 2.05) is 58.2 Å². The van der Waals surface area contributed by atoms with Crippen molar-refractivity contribution in [3.8, 4) is 0 Å². The molecular formula is C19H25N3O3. The lowest BCUT2D eigenvalue weighted by Gasteiger charge is -2.18. The molecule has 2 rings (SSSR count). The van der Waals surface area contributed by atoms with Gasteiger partial charge in [0.1, 0.15) is 0 Å². The van der Waals surface area contributed by atoms with E-state index < -0.39 is 12.1 Å². The van der Waals surface area contributed by atoms with Crippen LogP contribution in [0, 0.1) is 13.8 Å². The summed E-state index contributed by atoms with van der Waals surface area (Å²) in [7, 11) is 1.81. The van der Waals surface area contributed by atoms with Gasteiger partial charge in [-0.2, -0.15) is 5.10 Å². The Hall–Kier alpha value is -2.63. The molecule has 1 aromatic carbocycles. The molecule has 0 spiro atoms. The maximum absolute atomic E-state index is 12.5. The van der Waals surface area contributed by atoms with Crippen LogP contribution in [-0.2, 0) is 21.4 Å². The van der Waals surface area contributed by atoms with Crippen LogP contribution in [0.25, 0.3) is 0 Å². The maximum atomic E-state index is 12.5. The average molecular weight is 343 g/mol. The van der Waals surface area contributed by atoms with Crippen molar-refractivity contribution in [2.24, 2.45) is 7.05 Å². The average Bonchev–Trinajstić information content (AvgIpc) is 2.82. The molecule has 0 aliphatic carbocycles. The third kappa shape index (κ3) is 4.26. The molecule has 0 aliphatic rings. The number of hydrogen-bond donors (Lipinski definition) is 1. The summed E-state index contributed by atoms with van der Waals surface area (Å²) in [5.41, 5.74) is 3.12. The molecule has 6 heteroatoms. The molecule has 2 aromatic rings. The molecule has 1 aromatic heterocycles. The van der Waals surface area contributed by atoms with Crippen molar-refractivity contribution in [2.75, 3.05) is 5.32 Å². The zero-order valence-corrected chi connectivity index (χ0v) is 15.4. The van der Waals surface area contributed by atoms with Gasteiger partial charge < -0.3 is 10.1 Å². The first-order valence-corrected chi connectivity index (χ1v) is 8.41. The molecule has 0 radical (unpaired) electrons. The number of nitrogens with one attached hydrogen (secondary N) is 1. The van der Waals surface area contributed by atoms with Gasteiger partial charge in [-0.15, -0.1) is 0 Å². The molecule has 0 bridgehead atoms. The zero-order chi connectivity index (χ0) is 18.6. The predicted molar refractivity (Wildman–Crippen MR) is 96.3 cm³/mol. The van der Waals surface area contributed by atoms with Gasteiger partial charge in [-0.05, 0) is 32.8 Å². The predicted octanol–water partition coefficient (Wildman–Crippen LogP) is 3.10. The van der Waals surface area contributed by atoms with E-state index >= 15 is 0 Å². The second-order valence-electron chi connectivity index (χ2n) is 6.11. The van der Waals surface area contributed by atoms with Crippen molar-refractivity contribution >= 4 is 17.6 Å². The number of benzene rings is 1. The van der Waals surface area contributed by atoms with Crippen LogP contribution in [0.2, 0.25) is 0 Å². The van der Waals surface area contributed by atoms with Gasteiger partial charge in [0, 0.05) is 7.05 Å². The number of nitrogens with zero attached hydrogens (tertiary/aromatic N) is 2. The number of rotatable bonds is 6. The Bertz CT molecular complexity index is 753. The molecule has 134 valence electrons. The van der Waals surface area contributed by atoms with Crippen LogP contribution >= 0.6 is 0 Å². The summed E-state index contributed by atoms with van der Waals surface area (Å²) in [4.78, 5) is 24.8. The van der Waals surface area contributed by atoms with E-state index in [9.17, 15) is 9.59 Å². The highest BCUT2D eigenvalue weighted by Gasteiger charge is 2.26. The monoisotopic (exact) mass is 343 g/mol. The van der Waals surface area contributed by atoms with Gasteiger partial charge in [0.2, 0.25) is 0 Å². The number of anilines is 1. The number of amides is 1. The van der Waals surface area contributed by atoms with Crippen LogP contribution in [0.4, 0.5) is 5.69 Å². The highest BCUT2D eigenvalue weighted by Crippen LogP contribution is 2.22. The molecule has 0 aliphatic heterocycles. The number of hydrogen-bond acceptors (Lipinski definition) is 4. The first-order chi connectivity index (χ1) is 11.8. The lowest BCUT2D eigenvalue weighted by molar-refractivity contribution is -0.154. The molecular weight excluding hydrogens is 318 g/mol. The van der Waals surface area contributed by atoms with Gasteiger partial charge >= 0.3 is 5.97 Å². The normalized spacial score (nSPS) is 13.2. The minimum absolute atomic E-state index is 0.365. The Morgan fingerprint density at radius 3 is 2.40 bits per heavy atom. The summed E-state index contributed by atoms with van der Waals surface area (Å²) in [6.45, 7) is 7.19. The van der Waals surface area contributed by atoms with Crippen molar-refractivity contribution < 1.29 is 14.3 Å². The summed E-state index contributed by atoms with van der Waals surface area (Å²) in [6, 6.07) is 9.45. The summed E-state index contributed by atoms with van der Waals surface area (Å²) < 4.78 is 7.10. The lowest BCUT2D eigenvalue weighted by atomic mass is 9.97. The summed E-state index contributed by atoms with van der Waals surface area (Å²) in [6.07, 6.45) is -0.276. The molecule has 0 fully saturated rings.